The number of fused-ring (bicyclic) bond motifs is 1. The van der Waals surface area contributed by atoms with Crippen molar-refractivity contribution in [2.24, 2.45) is 0 Å². The number of aliphatic hydroxyl groups is 1. The van der Waals surface area contributed by atoms with E-state index in [1.54, 1.807) is 24.3 Å². The molecule has 1 atom stereocenters. The SMILES string of the molecule is CC(=O)c1cccc(OC[C@@H](O)CSc2ncnc3ccccc23)c1. The summed E-state index contributed by atoms with van der Waals surface area (Å²) in [5.74, 6) is 1.01. The van der Waals surface area contributed by atoms with E-state index in [9.17, 15) is 9.90 Å². The molecule has 6 heteroatoms. The van der Waals surface area contributed by atoms with Crippen LogP contribution in [0.5, 0.6) is 5.75 Å². The summed E-state index contributed by atoms with van der Waals surface area (Å²) in [5.41, 5.74) is 1.47. The number of nitrogens with zero attached hydrogens (tertiary/aromatic N) is 2. The first-order valence-electron chi connectivity index (χ1n) is 7.88. The van der Waals surface area contributed by atoms with Crippen LogP contribution in [0.25, 0.3) is 10.9 Å². The molecule has 0 unspecified atom stereocenters. The molecule has 0 aliphatic heterocycles. The normalized spacial score (nSPS) is 12.1. The number of benzene rings is 2. The maximum Gasteiger partial charge on any atom is 0.159 e. The smallest absolute Gasteiger partial charge is 0.159 e. The van der Waals surface area contributed by atoms with Gasteiger partial charge in [-0.25, -0.2) is 9.97 Å². The minimum atomic E-state index is -0.653. The first-order valence-corrected chi connectivity index (χ1v) is 8.86. The lowest BCUT2D eigenvalue weighted by atomic mass is 10.1. The zero-order valence-electron chi connectivity index (χ0n) is 13.8. The largest absolute Gasteiger partial charge is 0.491 e. The fourth-order valence-electron chi connectivity index (χ4n) is 2.32. The van der Waals surface area contributed by atoms with E-state index in [-0.39, 0.29) is 12.4 Å². The molecule has 0 fully saturated rings. The molecule has 3 aromatic rings. The minimum absolute atomic E-state index is 0.0165. The van der Waals surface area contributed by atoms with Gasteiger partial charge in [-0.3, -0.25) is 4.79 Å². The molecule has 0 spiro atoms. The predicted octanol–water partition coefficient (Wildman–Crippen LogP) is 3.36. The second-order valence-electron chi connectivity index (χ2n) is 5.56. The Morgan fingerprint density at radius 3 is 2.88 bits per heavy atom. The van der Waals surface area contributed by atoms with Crippen molar-refractivity contribution in [3.05, 3.63) is 60.4 Å². The fourth-order valence-corrected chi connectivity index (χ4v) is 3.21. The summed E-state index contributed by atoms with van der Waals surface area (Å²) in [6.45, 7) is 1.66. The first-order chi connectivity index (χ1) is 12.1. The van der Waals surface area contributed by atoms with Crippen LogP contribution in [0.15, 0.2) is 59.9 Å². The Kier molecular flexibility index (Phi) is 5.63. The average molecular weight is 354 g/mol. The van der Waals surface area contributed by atoms with Crippen molar-refractivity contribution in [2.45, 2.75) is 18.1 Å². The third-order valence-electron chi connectivity index (χ3n) is 3.60. The number of aliphatic hydroxyl groups excluding tert-OH is 1. The van der Waals surface area contributed by atoms with E-state index in [2.05, 4.69) is 9.97 Å². The standard InChI is InChI=1S/C19H18N2O3S/c1-13(22)14-5-4-6-16(9-14)24-10-15(23)11-25-19-17-7-2-3-8-18(17)20-12-21-19/h2-9,12,15,23H,10-11H2,1H3/t15-/m1/s1. The predicted molar refractivity (Wildman–Crippen MR) is 98.2 cm³/mol. The van der Waals surface area contributed by atoms with Gasteiger partial charge < -0.3 is 9.84 Å². The van der Waals surface area contributed by atoms with Gasteiger partial charge in [-0.05, 0) is 25.1 Å². The molecule has 0 saturated carbocycles. The van der Waals surface area contributed by atoms with Crippen LogP contribution >= 0.6 is 11.8 Å². The number of hydrogen-bond donors (Lipinski definition) is 1. The Hall–Kier alpha value is -2.44. The number of carbonyl (C=O) groups excluding carboxylic acids is 1. The van der Waals surface area contributed by atoms with Crippen LogP contribution < -0.4 is 4.74 Å². The lowest BCUT2D eigenvalue weighted by Gasteiger charge is -2.13. The average Bonchev–Trinajstić information content (AvgIpc) is 2.65. The van der Waals surface area contributed by atoms with E-state index in [1.807, 2.05) is 24.3 Å². The van der Waals surface area contributed by atoms with Gasteiger partial charge in [0.25, 0.3) is 0 Å². The Balaban J connectivity index is 1.57. The summed E-state index contributed by atoms with van der Waals surface area (Å²) in [4.78, 5) is 19.9. The van der Waals surface area contributed by atoms with Crippen LogP contribution in [0.4, 0.5) is 0 Å². The van der Waals surface area contributed by atoms with Crippen molar-refractivity contribution in [3.63, 3.8) is 0 Å². The quantitative estimate of drug-likeness (QED) is 0.398. The van der Waals surface area contributed by atoms with E-state index in [0.717, 1.165) is 15.9 Å². The Morgan fingerprint density at radius 2 is 2.04 bits per heavy atom. The maximum absolute atomic E-state index is 11.4. The molecule has 0 aliphatic carbocycles. The maximum atomic E-state index is 11.4. The van der Waals surface area contributed by atoms with Crippen LogP contribution in [-0.2, 0) is 0 Å². The molecule has 1 aromatic heterocycles. The van der Waals surface area contributed by atoms with E-state index in [0.29, 0.717) is 17.1 Å². The van der Waals surface area contributed by atoms with Gasteiger partial charge in [-0.1, -0.05) is 30.3 Å². The summed E-state index contributed by atoms with van der Waals surface area (Å²) in [5, 5.41) is 12.0. The molecule has 1 N–H and O–H groups in total. The van der Waals surface area contributed by atoms with Crippen molar-refractivity contribution in [3.8, 4) is 5.75 Å². The summed E-state index contributed by atoms with van der Waals surface area (Å²) in [7, 11) is 0. The van der Waals surface area contributed by atoms with E-state index < -0.39 is 6.10 Å². The van der Waals surface area contributed by atoms with Gasteiger partial charge >= 0.3 is 0 Å². The Morgan fingerprint density at radius 1 is 1.20 bits per heavy atom. The molecule has 25 heavy (non-hydrogen) atoms. The molecule has 1 heterocycles. The zero-order valence-corrected chi connectivity index (χ0v) is 14.6. The van der Waals surface area contributed by atoms with Crippen molar-refractivity contribution < 1.29 is 14.6 Å². The van der Waals surface area contributed by atoms with Crippen LogP contribution in [0.3, 0.4) is 0 Å². The number of hydrogen-bond acceptors (Lipinski definition) is 6. The van der Waals surface area contributed by atoms with Crippen molar-refractivity contribution in [1.82, 2.24) is 9.97 Å². The van der Waals surface area contributed by atoms with Gasteiger partial charge in [0, 0.05) is 16.7 Å². The fraction of sp³-hybridized carbons (Fsp3) is 0.211. The van der Waals surface area contributed by atoms with Crippen molar-refractivity contribution in [2.75, 3.05) is 12.4 Å². The zero-order chi connectivity index (χ0) is 17.6. The van der Waals surface area contributed by atoms with E-state index in [4.69, 9.17) is 4.74 Å². The van der Waals surface area contributed by atoms with Gasteiger partial charge in [0.1, 0.15) is 23.7 Å². The van der Waals surface area contributed by atoms with Crippen LogP contribution in [0.2, 0.25) is 0 Å². The second-order valence-corrected chi connectivity index (χ2v) is 6.56. The molecule has 0 bridgehead atoms. The molecule has 3 rings (SSSR count). The molecule has 0 radical (unpaired) electrons. The van der Waals surface area contributed by atoms with Gasteiger partial charge in [-0.15, -0.1) is 11.8 Å². The highest BCUT2D eigenvalue weighted by Gasteiger charge is 2.10. The number of rotatable bonds is 7. The number of para-hydroxylation sites is 1. The molecule has 0 amide bonds. The summed E-state index contributed by atoms with van der Waals surface area (Å²) < 4.78 is 5.59. The van der Waals surface area contributed by atoms with Gasteiger partial charge in [0.05, 0.1) is 11.6 Å². The lowest BCUT2D eigenvalue weighted by Crippen LogP contribution is -2.20. The summed E-state index contributed by atoms with van der Waals surface area (Å²) >= 11 is 1.47. The molecule has 128 valence electrons. The minimum Gasteiger partial charge on any atom is -0.491 e. The molecular formula is C19H18N2O3S. The highest BCUT2D eigenvalue weighted by molar-refractivity contribution is 7.99. The lowest BCUT2D eigenvalue weighted by molar-refractivity contribution is 0.101. The highest BCUT2D eigenvalue weighted by Crippen LogP contribution is 2.24. The van der Waals surface area contributed by atoms with Gasteiger partial charge in [-0.2, -0.15) is 0 Å². The number of thioether (sulfide) groups is 1. The summed E-state index contributed by atoms with van der Waals surface area (Å²) in [6, 6.07) is 14.7. The number of aromatic nitrogens is 2. The van der Waals surface area contributed by atoms with Gasteiger partial charge in [0.2, 0.25) is 0 Å². The van der Waals surface area contributed by atoms with E-state index >= 15 is 0 Å². The molecule has 0 saturated heterocycles. The molecule has 2 aromatic carbocycles. The first kappa shape index (κ1) is 17.4. The molecule has 0 aliphatic rings. The van der Waals surface area contributed by atoms with Crippen LogP contribution in [0, 0.1) is 0 Å². The summed E-state index contributed by atoms with van der Waals surface area (Å²) in [6.07, 6.45) is 0.876. The second kappa shape index (κ2) is 8.09. The monoisotopic (exact) mass is 354 g/mol. The number of ether oxygens (including phenoxy) is 1. The third-order valence-corrected chi connectivity index (χ3v) is 4.75. The van der Waals surface area contributed by atoms with Crippen molar-refractivity contribution in [1.29, 1.82) is 0 Å². The van der Waals surface area contributed by atoms with Gasteiger partial charge in [0.15, 0.2) is 5.78 Å². The van der Waals surface area contributed by atoms with Crippen molar-refractivity contribution >= 4 is 28.4 Å². The molecular weight excluding hydrogens is 336 g/mol. The Bertz CT molecular complexity index is 880. The number of carbonyl (C=O) groups is 1. The highest BCUT2D eigenvalue weighted by atomic mass is 32.2. The van der Waals surface area contributed by atoms with E-state index in [1.165, 1.54) is 25.0 Å². The number of ketones is 1. The van der Waals surface area contributed by atoms with Crippen LogP contribution in [0.1, 0.15) is 17.3 Å². The third kappa shape index (κ3) is 4.55. The molecule has 5 nitrogen and oxygen atoms in total. The topological polar surface area (TPSA) is 72.3 Å². The number of Topliss-reactive ketones (excluding diaryl/α,β-unsaturated/α-hetero) is 1. The van der Waals surface area contributed by atoms with Crippen LogP contribution in [-0.4, -0.2) is 39.3 Å². The Labute approximate surface area is 150 Å².